The second-order valence-electron chi connectivity index (χ2n) is 8.36. The molecule has 1 unspecified atom stereocenters. The SMILES string of the molecule is COc1ccc(/C(O)=C2/C(=O)C(=O)N(c3ccc(C(C)C)cc3)C2c2cccc(O)c2)cc1Cl. The van der Waals surface area contributed by atoms with Crippen LogP contribution in [0, 0.1) is 0 Å². The molecular weight excluding hydrogens is 454 g/mol. The highest BCUT2D eigenvalue weighted by atomic mass is 35.5. The molecule has 2 N–H and O–H groups in total. The molecule has 0 aliphatic carbocycles. The molecule has 1 fully saturated rings. The number of Topliss-reactive ketones (excluding diaryl/α,β-unsaturated/α-hetero) is 1. The summed E-state index contributed by atoms with van der Waals surface area (Å²) < 4.78 is 5.16. The molecule has 0 bridgehead atoms. The first-order chi connectivity index (χ1) is 16.2. The second kappa shape index (κ2) is 9.23. The quantitative estimate of drug-likeness (QED) is 0.275. The molecule has 0 spiro atoms. The second-order valence-corrected chi connectivity index (χ2v) is 8.77. The lowest BCUT2D eigenvalue weighted by Gasteiger charge is -2.26. The van der Waals surface area contributed by atoms with E-state index in [2.05, 4.69) is 13.8 Å². The van der Waals surface area contributed by atoms with Crippen LogP contribution in [0.25, 0.3) is 5.76 Å². The highest BCUT2D eigenvalue weighted by Crippen LogP contribution is 2.43. The summed E-state index contributed by atoms with van der Waals surface area (Å²) in [5, 5.41) is 21.5. The molecule has 0 saturated carbocycles. The smallest absolute Gasteiger partial charge is 0.300 e. The maximum atomic E-state index is 13.2. The Balaban J connectivity index is 1.91. The summed E-state index contributed by atoms with van der Waals surface area (Å²) in [6.07, 6.45) is 0. The van der Waals surface area contributed by atoms with E-state index in [0.29, 0.717) is 22.9 Å². The van der Waals surface area contributed by atoms with Crippen LogP contribution in [0.4, 0.5) is 5.69 Å². The van der Waals surface area contributed by atoms with Gasteiger partial charge < -0.3 is 14.9 Å². The van der Waals surface area contributed by atoms with E-state index in [1.807, 2.05) is 12.1 Å². The van der Waals surface area contributed by atoms with Gasteiger partial charge >= 0.3 is 0 Å². The van der Waals surface area contributed by atoms with Gasteiger partial charge in [0.25, 0.3) is 11.7 Å². The molecular formula is C27H24ClNO5. The number of methoxy groups -OCH3 is 1. The van der Waals surface area contributed by atoms with Gasteiger partial charge in [0.15, 0.2) is 0 Å². The van der Waals surface area contributed by atoms with Crippen LogP contribution in [0.3, 0.4) is 0 Å². The van der Waals surface area contributed by atoms with Gasteiger partial charge in [0.2, 0.25) is 0 Å². The summed E-state index contributed by atoms with van der Waals surface area (Å²) in [5.74, 6) is -1.28. The molecule has 7 heteroatoms. The van der Waals surface area contributed by atoms with Gasteiger partial charge in [-0.15, -0.1) is 0 Å². The van der Waals surface area contributed by atoms with Crippen molar-refractivity contribution in [3.05, 3.63) is 94.0 Å². The Morgan fingerprint density at radius 2 is 1.74 bits per heavy atom. The Morgan fingerprint density at radius 1 is 1.03 bits per heavy atom. The van der Waals surface area contributed by atoms with Gasteiger partial charge in [-0.05, 0) is 59.5 Å². The van der Waals surface area contributed by atoms with Crippen LogP contribution in [-0.2, 0) is 9.59 Å². The van der Waals surface area contributed by atoms with E-state index in [1.165, 1.54) is 30.2 Å². The molecule has 1 atom stereocenters. The van der Waals surface area contributed by atoms with E-state index in [4.69, 9.17) is 16.3 Å². The molecule has 1 aliphatic rings. The Kier molecular flexibility index (Phi) is 6.35. The Labute approximate surface area is 202 Å². The number of ether oxygens (including phenoxy) is 1. The number of phenolic OH excluding ortho intramolecular Hbond substituents is 1. The molecule has 34 heavy (non-hydrogen) atoms. The number of ketones is 1. The first kappa shape index (κ1) is 23.4. The normalized spacial score (nSPS) is 17.4. The van der Waals surface area contributed by atoms with Gasteiger partial charge in [-0.3, -0.25) is 14.5 Å². The Morgan fingerprint density at radius 3 is 2.32 bits per heavy atom. The molecule has 174 valence electrons. The lowest BCUT2D eigenvalue weighted by atomic mass is 9.94. The Hall–Kier alpha value is -3.77. The summed E-state index contributed by atoms with van der Waals surface area (Å²) in [4.78, 5) is 27.8. The number of hydrogen-bond acceptors (Lipinski definition) is 5. The van der Waals surface area contributed by atoms with Gasteiger partial charge in [-0.1, -0.05) is 49.7 Å². The number of halogens is 1. The highest BCUT2D eigenvalue weighted by molar-refractivity contribution is 6.51. The third kappa shape index (κ3) is 4.13. The van der Waals surface area contributed by atoms with E-state index in [9.17, 15) is 19.8 Å². The zero-order valence-corrected chi connectivity index (χ0v) is 19.7. The number of carbonyl (C=O) groups excluding carboxylic acids is 2. The van der Waals surface area contributed by atoms with Crippen molar-refractivity contribution < 1.29 is 24.5 Å². The monoisotopic (exact) mass is 477 g/mol. The average molecular weight is 478 g/mol. The topological polar surface area (TPSA) is 87.1 Å². The zero-order chi connectivity index (χ0) is 24.6. The summed E-state index contributed by atoms with van der Waals surface area (Å²) in [6, 6.07) is 17.3. The lowest BCUT2D eigenvalue weighted by molar-refractivity contribution is -0.132. The predicted octanol–water partition coefficient (Wildman–Crippen LogP) is 5.80. The molecule has 3 aromatic rings. The van der Waals surface area contributed by atoms with E-state index >= 15 is 0 Å². The molecule has 4 rings (SSSR count). The average Bonchev–Trinajstić information content (AvgIpc) is 3.09. The highest BCUT2D eigenvalue weighted by Gasteiger charge is 2.47. The number of benzene rings is 3. The number of hydrogen-bond donors (Lipinski definition) is 2. The van der Waals surface area contributed by atoms with E-state index in [1.54, 1.807) is 36.4 Å². The fraction of sp³-hybridized carbons (Fsp3) is 0.185. The van der Waals surface area contributed by atoms with Gasteiger partial charge in [0.1, 0.15) is 17.3 Å². The van der Waals surface area contributed by atoms with Crippen molar-refractivity contribution in [2.75, 3.05) is 12.0 Å². The Bertz CT molecular complexity index is 1300. The summed E-state index contributed by atoms with van der Waals surface area (Å²) in [5.41, 5.74) is 2.25. The number of phenols is 1. The van der Waals surface area contributed by atoms with E-state index in [0.717, 1.165) is 5.56 Å². The van der Waals surface area contributed by atoms with Crippen LogP contribution < -0.4 is 9.64 Å². The molecule has 1 saturated heterocycles. The largest absolute Gasteiger partial charge is 0.508 e. The lowest BCUT2D eigenvalue weighted by Crippen LogP contribution is -2.29. The molecule has 1 aliphatic heterocycles. The van der Waals surface area contributed by atoms with Crippen LogP contribution in [-0.4, -0.2) is 29.0 Å². The number of aromatic hydroxyl groups is 1. The fourth-order valence-corrected chi connectivity index (χ4v) is 4.36. The van der Waals surface area contributed by atoms with Crippen LogP contribution in [0.1, 0.15) is 42.5 Å². The number of amides is 1. The van der Waals surface area contributed by atoms with Crippen LogP contribution >= 0.6 is 11.6 Å². The minimum absolute atomic E-state index is 0.0225. The molecule has 6 nitrogen and oxygen atoms in total. The number of aliphatic hydroxyl groups is 1. The number of anilines is 1. The summed E-state index contributed by atoms with van der Waals surface area (Å²) in [6.45, 7) is 4.13. The minimum Gasteiger partial charge on any atom is -0.508 e. The maximum Gasteiger partial charge on any atom is 0.300 e. The first-order valence-corrected chi connectivity index (χ1v) is 11.1. The number of aliphatic hydroxyl groups excluding tert-OH is 1. The summed E-state index contributed by atoms with van der Waals surface area (Å²) in [7, 11) is 1.47. The van der Waals surface area contributed by atoms with Crippen molar-refractivity contribution >= 4 is 34.7 Å². The molecule has 3 aromatic carbocycles. The number of carbonyl (C=O) groups is 2. The van der Waals surface area contributed by atoms with Crippen LogP contribution in [0.15, 0.2) is 72.3 Å². The first-order valence-electron chi connectivity index (χ1n) is 10.8. The number of nitrogens with zero attached hydrogens (tertiary/aromatic N) is 1. The van der Waals surface area contributed by atoms with Crippen molar-refractivity contribution in [2.24, 2.45) is 0 Å². The maximum absolute atomic E-state index is 13.2. The molecule has 0 aromatic heterocycles. The fourth-order valence-electron chi connectivity index (χ4n) is 4.10. The molecule has 1 heterocycles. The minimum atomic E-state index is -0.946. The van der Waals surface area contributed by atoms with Crippen molar-refractivity contribution in [3.63, 3.8) is 0 Å². The van der Waals surface area contributed by atoms with E-state index in [-0.39, 0.29) is 27.7 Å². The van der Waals surface area contributed by atoms with Crippen LogP contribution in [0.2, 0.25) is 5.02 Å². The van der Waals surface area contributed by atoms with Crippen LogP contribution in [0.5, 0.6) is 11.5 Å². The van der Waals surface area contributed by atoms with Crippen molar-refractivity contribution in [2.45, 2.75) is 25.8 Å². The van der Waals surface area contributed by atoms with Crippen molar-refractivity contribution in [1.82, 2.24) is 0 Å². The van der Waals surface area contributed by atoms with Crippen molar-refractivity contribution in [3.8, 4) is 11.5 Å². The van der Waals surface area contributed by atoms with Gasteiger partial charge in [-0.2, -0.15) is 0 Å². The standard InChI is InChI=1S/C27H24ClNO5/c1-15(2)16-7-10-19(11-8-16)29-24(17-5-4-6-20(30)13-17)23(26(32)27(29)33)25(31)18-9-12-22(34-3)21(28)14-18/h4-15,24,30-31H,1-3H3/b25-23-. The summed E-state index contributed by atoms with van der Waals surface area (Å²) >= 11 is 6.23. The third-order valence-corrected chi connectivity index (χ3v) is 6.19. The van der Waals surface area contributed by atoms with E-state index < -0.39 is 17.7 Å². The van der Waals surface area contributed by atoms with Gasteiger partial charge in [0.05, 0.1) is 23.7 Å². The zero-order valence-electron chi connectivity index (χ0n) is 18.9. The van der Waals surface area contributed by atoms with Gasteiger partial charge in [0, 0.05) is 11.3 Å². The number of rotatable bonds is 5. The van der Waals surface area contributed by atoms with Gasteiger partial charge in [-0.25, -0.2) is 0 Å². The molecule has 0 radical (unpaired) electrons. The predicted molar refractivity (Wildman–Crippen MR) is 131 cm³/mol. The molecule has 1 amide bonds. The van der Waals surface area contributed by atoms with Crippen molar-refractivity contribution in [1.29, 1.82) is 0 Å². The third-order valence-electron chi connectivity index (χ3n) is 5.89.